The summed E-state index contributed by atoms with van der Waals surface area (Å²) in [6.45, 7) is 3.09. The monoisotopic (exact) mass is 418 g/mol. The molecular weight excluding hydrogens is 392 g/mol. The highest BCUT2D eigenvalue weighted by Crippen LogP contribution is 2.27. The summed E-state index contributed by atoms with van der Waals surface area (Å²) in [6.07, 6.45) is 2.30. The van der Waals surface area contributed by atoms with Crippen LogP contribution < -0.4 is 19.6 Å². The molecule has 0 aliphatic heterocycles. The van der Waals surface area contributed by atoms with E-state index < -0.39 is 0 Å². The Hall–Kier alpha value is -3.80. The zero-order chi connectivity index (χ0) is 21.9. The van der Waals surface area contributed by atoms with E-state index in [9.17, 15) is 4.79 Å². The molecule has 0 spiro atoms. The minimum absolute atomic E-state index is 0.267. The third-order valence-corrected chi connectivity index (χ3v) is 4.50. The van der Waals surface area contributed by atoms with E-state index >= 15 is 0 Å². The van der Waals surface area contributed by atoms with Gasteiger partial charge in [-0.05, 0) is 54.4 Å². The number of hydrogen-bond acceptors (Lipinski definition) is 5. The van der Waals surface area contributed by atoms with Gasteiger partial charge < -0.3 is 14.2 Å². The third-order valence-electron chi connectivity index (χ3n) is 4.50. The predicted molar refractivity (Wildman–Crippen MR) is 121 cm³/mol. The van der Waals surface area contributed by atoms with Gasteiger partial charge >= 0.3 is 0 Å². The lowest BCUT2D eigenvalue weighted by atomic mass is 10.2. The summed E-state index contributed by atoms with van der Waals surface area (Å²) in [5, 5.41) is 4.01. The van der Waals surface area contributed by atoms with Gasteiger partial charge in [0.2, 0.25) is 0 Å². The van der Waals surface area contributed by atoms with Crippen molar-refractivity contribution in [3.05, 3.63) is 89.5 Å². The van der Waals surface area contributed by atoms with Crippen molar-refractivity contribution in [1.82, 2.24) is 5.43 Å². The number of hydrogen-bond donors (Lipinski definition) is 1. The van der Waals surface area contributed by atoms with Gasteiger partial charge in [-0.15, -0.1) is 0 Å². The number of benzene rings is 3. The maximum atomic E-state index is 12.0. The molecule has 1 N–H and O–H groups in total. The highest BCUT2D eigenvalue weighted by molar-refractivity contribution is 5.94. The summed E-state index contributed by atoms with van der Waals surface area (Å²) in [4.78, 5) is 12.0. The number of nitrogens with zero attached hydrogens (tertiary/aromatic N) is 1. The van der Waals surface area contributed by atoms with Crippen LogP contribution in [-0.4, -0.2) is 32.4 Å². The first-order chi connectivity index (χ1) is 15.2. The Morgan fingerprint density at radius 3 is 2.35 bits per heavy atom. The number of carbonyl (C=O) groups is 1. The van der Waals surface area contributed by atoms with Gasteiger partial charge in [-0.2, -0.15) is 5.10 Å². The Kier molecular flexibility index (Phi) is 8.05. The van der Waals surface area contributed by atoms with Crippen molar-refractivity contribution in [3.63, 3.8) is 0 Å². The standard InChI is InChI=1S/C25H26N2O4/c1-19-9-6-7-12-22(19)30-15-8-16-31-23-14-13-20(17-24(23)29-2)18-26-27-25(28)21-10-4-3-5-11-21/h3-7,9-14,17-18H,8,15-16H2,1-2H3,(H,27,28)/b26-18-. The van der Waals surface area contributed by atoms with Crippen LogP contribution in [0.4, 0.5) is 0 Å². The second kappa shape index (κ2) is 11.4. The van der Waals surface area contributed by atoms with Crippen LogP contribution in [0.5, 0.6) is 17.2 Å². The lowest BCUT2D eigenvalue weighted by Crippen LogP contribution is -2.17. The van der Waals surface area contributed by atoms with Gasteiger partial charge in [-0.3, -0.25) is 4.79 Å². The quantitative estimate of drug-likeness (QED) is 0.296. The molecule has 0 radical (unpaired) electrons. The molecule has 0 aliphatic carbocycles. The fourth-order valence-corrected chi connectivity index (χ4v) is 2.84. The van der Waals surface area contributed by atoms with E-state index in [1.54, 1.807) is 43.7 Å². The van der Waals surface area contributed by atoms with Crippen LogP contribution in [0.25, 0.3) is 0 Å². The van der Waals surface area contributed by atoms with Crippen LogP contribution in [0.2, 0.25) is 0 Å². The Morgan fingerprint density at radius 2 is 1.61 bits per heavy atom. The predicted octanol–water partition coefficient (Wildman–Crippen LogP) is 4.62. The lowest BCUT2D eigenvalue weighted by Gasteiger charge is -2.12. The molecule has 6 nitrogen and oxygen atoms in total. The first kappa shape index (κ1) is 21.9. The molecule has 1 amide bonds. The van der Waals surface area contributed by atoms with E-state index in [1.165, 1.54) is 0 Å². The molecule has 3 aromatic carbocycles. The van der Waals surface area contributed by atoms with Crippen LogP contribution in [0.3, 0.4) is 0 Å². The minimum atomic E-state index is -0.267. The first-order valence-corrected chi connectivity index (χ1v) is 10.0. The van der Waals surface area contributed by atoms with Crippen molar-refractivity contribution in [2.45, 2.75) is 13.3 Å². The van der Waals surface area contributed by atoms with Gasteiger partial charge in [0.05, 0.1) is 26.5 Å². The summed E-state index contributed by atoms with van der Waals surface area (Å²) in [6, 6.07) is 22.3. The topological polar surface area (TPSA) is 69.2 Å². The maximum absolute atomic E-state index is 12.0. The zero-order valence-electron chi connectivity index (χ0n) is 17.7. The van der Waals surface area contributed by atoms with Gasteiger partial charge in [0, 0.05) is 12.0 Å². The van der Waals surface area contributed by atoms with Crippen molar-refractivity contribution < 1.29 is 19.0 Å². The van der Waals surface area contributed by atoms with Crippen molar-refractivity contribution in [1.29, 1.82) is 0 Å². The number of para-hydroxylation sites is 1. The largest absolute Gasteiger partial charge is 0.493 e. The maximum Gasteiger partial charge on any atom is 0.271 e. The number of nitrogens with one attached hydrogen (secondary N) is 1. The Balaban J connectivity index is 1.47. The van der Waals surface area contributed by atoms with Crippen LogP contribution in [0.1, 0.15) is 27.9 Å². The van der Waals surface area contributed by atoms with E-state index in [2.05, 4.69) is 10.5 Å². The number of hydrazone groups is 1. The van der Waals surface area contributed by atoms with E-state index in [1.807, 2.05) is 49.4 Å². The molecule has 0 saturated carbocycles. The number of ether oxygens (including phenoxy) is 3. The average molecular weight is 418 g/mol. The molecule has 160 valence electrons. The molecule has 0 bridgehead atoms. The van der Waals surface area contributed by atoms with Crippen LogP contribution in [0.15, 0.2) is 77.9 Å². The minimum Gasteiger partial charge on any atom is -0.493 e. The first-order valence-electron chi connectivity index (χ1n) is 10.0. The number of methoxy groups -OCH3 is 1. The van der Waals surface area contributed by atoms with Crippen molar-refractivity contribution >= 4 is 12.1 Å². The smallest absolute Gasteiger partial charge is 0.271 e. The van der Waals surface area contributed by atoms with Crippen LogP contribution in [0, 0.1) is 6.92 Å². The Bertz CT molecular complexity index is 1020. The molecular formula is C25H26N2O4. The summed E-state index contributed by atoms with van der Waals surface area (Å²) in [5.74, 6) is 1.86. The van der Waals surface area contributed by atoms with Gasteiger partial charge in [-0.25, -0.2) is 5.43 Å². The molecule has 0 aliphatic rings. The fourth-order valence-electron chi connectivity index (χ4n) is 2.84. The highest BCUT2D eigenvalue weighted by atomic mass is 16.5. The zero-order valence-corrected chi connectivity index (χ0v) is 17.7. The van der Waals surface area contributed by atoms with E-state index in [-0.39, 0.29) is 5.91 Å². The molecule has 0 fully saturated rings. The molecule has 3 aromatic rings. The normalized spacial score (nSPS) is 10.6. The molecule has 3 rings (SSSR count). The highest BCUT2D eigenvalue weighted by Gasteiger charge is 2.06. The van der Waals surface area contributed by atoms with Gasteiger partial charge in [0.15, 0.2) is 11.5 Å². The number of amides is 1. The van der Waals surface area contributed by atoms with Crippen molar-refractivity contribution in [2.24, 2.45) is 5.10 Å². The summed E-state index contributed by atoms with van der Waals surface area (Å²) < 4.78 is 17.0. The molecule has 0 saturated heterocycles. The SMILES string of the molecule is COc1cc(/C=N\NC(=O)c2ccccc2)ccc1OCCCOc1ccccc1C. The summed E-state index contributed by atoms with van der Waals surface area (Å²) >= 11 is 0. The van der Waals surface area contributed by atoms with Gasteiger partial charge in [-0.1, -0.05) is 36.4 Å². The number of aryl methyl sites for hydroxylation is 1. The Morgan fingerprint density at radius 1 is 0.903 bits per heavy atom. The van der Waals surface area contributed by atoms with Gasteiger partial charge in [0.25, 0.3) is 5.91 Å². The van der Waals surface area contributed by atoms with Crippen LogP contribution >= 0.6 is 0 Å². The lowest BCUT2D eigenvalue weighted by molar-refractivity contribution is 0.0955. The number of carbonyl (C=O) groups excluding carboxylic acids is 1. The summed E-state index contributed by atoms with van der Waals surface area (Å²) in [7, 11) is 1.58. The van der Waals surface area contributed by atoms with Crippen molar-refractivity contribution in [2.75, 3.05) is 20.3 Å². The molecule has 0 heterocycles. The second-order valence-corrected chi connectivity index (χ2v) is 6.79. The second-order valence-electron chi connectivity index (χ2n) is 6.79. The van der Waals surface area contributed by atoms with Crippen molar-refractivity contribution in [3.8, 4) is 17.2 Å². The van der Waals surface area contributed by atoms with Crippen LogP contribution in [-0.2, 0) is 0 Å². The van der Waals surface area contributed by atoms with Gasteiger partial charge in [0.1, 0.15) is 5.75 Å². The molecule has 31 heavy (non-hydrogen) atoms. The number of rotatable bonds is 10. The molecule has 0 atom stereocenters. The molecule has 0 aromatic heterocycles. The van der Waals surface area contributed by atoms with E-state index in [0.29, 0.717) is 30.3 Å². The Labute approximate surface area is 182 Å². The van der Waals surface area contributed by atoms with E-state index in [0.717, 1.165) is 23.3 Å². The molecule has 0 unspecified atom stereocenters. The molecule has 6 heteroatoms. The van der Waals surface area contributed by atoms with E-state index in [4.69, 9.17) is 14.2 Å². The summed E-state index contributed by atoms with van der Waals surface area (Å²) in [5.41, 5.74) is 4.95. The third kappa shape index (κ3) is 6.60. The average Bonchev–Trinajstić information content (AvgIpc) is 2.81. The fraction of sp³-hybridized carbons (Fsp3) is 0.200.